The van der Waals surface area contributed by atoms with E-state index in [9.17, 15) is 19.5 Å². The maximum atomic E-state index is 12.5. The smallest absolute Gasteiger partial charge is 0.339 e. The highest BCUT2D eigenvalue weighted by Gasteiger charge is 2.18. The Morgan fingerprint density at radius 3 is 2.40 bits per heavy atom. The van der Waals surface area contributed by atoms with E-state index in [1.807, 2.05) is 33.8 Å². The number of fused-ring (bicyclic) bond motifs is 2. The second-order valence-electron chi connectivity index (χ2n) is 7.70. The molecule has 1 N–H and O–H groups in total. The third kappa shape index (κ3) is 4.25. The number of aliphatic carboxylic acids is 1. The van der Waals surface area contributed by atoms with E-state index in [0.717, 1.165) is 34.1 Å². The molecule has 0 saturated heterocycles. The third-order valence-electron chi connectivity index (χ3n) is 5.65. The Hall–Kier alpha value is -3.09. The van der Waals surface area contributed by atoms with Crippen molar-refractivity contribution >= 4 is 33.8 Å². The van der Waals surface area contributed by atoms with Gasteiger partial charge in [-0.2, -0.15) is 0 Å². The first kappa shape index (κ1) is 21.6. The number of furan rings is 1. The molecule has 0 spiro atoms. The monoisotopic (exact) mass is 412 g/mol. The lowest BCUT2D eigenvalue weighted by molar-refractivity contribution is -0.308. The summed E-state index contributed by atoms with van der Waals surface area (Å²) in [5.74, 6) is -0.924. The lowest BCUT2D eigenvalue weighted by Gasteiger charge is -2.19. The zero-order valence-corrected chi connectivity index (χ0v) is 17.7. The van der Waals surface area contributed by atoms with Crippen LogP contribution >= 0.6 is 0 Å². The average Bonchev–Trinajstić information content (AvgIpc) is 2.96. The number of carbonyl (C=O) groups is 2. The van der Waals surface area contributed by atoms with Gasteiger partial charge in [-0.05, 0) is 50.8 Å². The van der Waals surface area contributed by atoms with Gasteiger partial charge in [-0.3, -0.25) is 4.79 Å². The van der Waals surface area contributed by atoms with Crippen LogP contribution in [-0.2, 0) is 16.0 Å². The largest absolute Gasteiger partial charge is 0.548 e. The molecule has 0 aliphatic rings. The molecule has 0 unspecified atom stereocenters. The summed E-state index contributed by atoms with van der Waals surface area (Å²) >= 11 is 0. The minimum absolute atomic E-state index is 0.0148. The zero-order chi connectivity index (χ0) is 22.0. The molecule has 0 fully saturated rings. The number of hydrogen-bond acceptors (Lipinski definition) is 6. The fourth-order valence-corrected chi connectivity index (χ4v) is 3.68. The van der Waals surface area contributed by atoms with Crippen LogP contribution in [0.25, 0.3) is 21.9 Å². The van der Waals surface area contributed by atoms with Gasteiger partial charge in [0.15, 0.2) is 0 Å². The number of carbonyl (C=O) groups excluding carboxylic acids is 2. The highest BCUT2D eigenvalue weighted by atomic mass is 16.4. The molecule has 0 radical (unpaired) electrons. The highest BCUT2D eigenvalue weighted by Crippen LogP contribution is 2.31. The van der Waals surface area contributed by atoms with Crippen LogP contribution in [0.1, 0.15) is 55.1 Å². The van der Waals surface area contributed by atoms with Crippen LogP contribution in [0.4, 0.5) is 0 Å². The van der Waals surface area contributed by atoms with E-state index in [-0.39, 0.29) is 12.8 Å². The maximum Gasteiger partial charge on any atom is 0.339 e. The molecule has 30 heavy (non-hydrogen) atoms. The molecule has 0 aliphatic carbocycles. The van der Waals surface area contributed by atoms with Crippen LogP contribution in [0, 0.1) is 20.8 Å². The number of hydrogen-bond donors (Lipinski definition) is 1. The van der Waals surface area contributed by atoms with E-state index in [2.05, 4.69) is 5.32 Å². The minimum atomic E-state index is -1.30. The fourth-order valence-electron chi connectivity index (χ4n) is 3.68. The molecule has 1 amide bonds. The van der Waals surface area contributed by atoms with E-state index >= 15 is 0 Å². The van der Waals surface area contributed by atoms with Gasteiger partial charge in [-0.1, -0.05) is 19.8 Å². The summed E-state index contributed by atoms with van der Waals surface area (Å²) < 4.78 is 11.2. The molecule has 0 saturated carbocycles. The number of carboxylic acid groups (broad SMARTS) is 1. The molecule has 3 rings (SSSR count). The molecule has 160 valence electrons. The van der Waals surface area contributed by atoms with Crippen LogP contribution in [0.15, 0.2) is 25.8 Å². The SMILES string of the molecule is CCCC[C@H](NC(=O)CCc1c(C)c2cc3c(C)c(C)oc3cc2oc1=O)C(=O)[O-]. The van der Waals surface area contributed by atoms with Crippen LogP contribution in [0.3, 0.4) is 0 Å². The molecule has 1 aromatic carbocycles. The van der Waals surface area contributed by atoms with Gasteiger partial charge < -0.3 is 24.1 Å². The summed E-state index contributed by atoms with van der Waals surface area (Å²) in [5, 5.41) is 15.4. The Kier molecular flexibility index (Phi) is 6.29. The van der Waals surface area contributed by atoms with Crippen LogP contribution in [-0.4, -0.2) is 17.9 Å². The molecule has 7 heteroatoms. The van der Waals surface area contributed by atoms with Gasteiger partial charge in [-0.15, -0.1) is 0 Å². The summed E-state index contributed by atoms with van der Waals surface area (Å²) in [6, 6.07) is 2.63. The van der Waals surface area contributed by atoms with Crippen LogP contribution in [0.5, 0.6) is 0 Å². The number of benzene rings is 1. The molecular weight excluding hydrogens is 386 g/mol. The Morgan fingerprint density at radius 2 is 1.73 bits per heavy atom. The van der Waals surface area contributed by atoms with E-state index in [1.165, 1.54) is 0 Å². The van der Waals surface area contributed by atoms with Crippen molar-refractivity contribution in [1.82, 2.24) is 5.32 Å². The van der Waals surface area contributed by atoms with Crippen molar-refractivity contribution < 1.29 is 23.5 Å². The lowest BCUT2D eigenvalue weighted by atomic mass is 10.00. The first-order valence-corrected chi connectivity index (χ1v) is 10.2. The second-order valence-corrected chi connectivity index (χ2v) is 7.70. The Labute approximate surface area is 174 Å². The summed E-state index contributed by atoms with van der Waals surface area (Å²) in [6.07, 6.45) is 1.96. The Balaban J connectivity index is 1.84. The number of nitrogens with one attached hydrogen (secondary N) is 1. The van der Waals surface area contributed by atoms with Gasteiger partial charge in [0.05, 0.1) is 12.0 Å². The van der Waals surface area contributed by atoms with E-state index in [1.54, 1.807) is 6.07 Å². The third-order valence-corrected chi connectivity index (χ3v) is 5.65. The van der Waals surface area contributed by atoms with E-state index < -0.39 is 23.5 Å². The average molecular weight is 412 g/mol. The Morgan fingerprint density at radius 1 is 1.07 bits per heavy atom. The molecule has 2 heterocycles. The van der Waals surface area contributed by atoms with E-state index in [4.69, 9.17) is 8.83 Å². The van der Waals surface area contributed by atoms with Crippen molar-refractivity contribution in [3.8, 4) is 0 Å². The molecule has 0 bridgehead atoms. The second kappa shape index (κ2) is 8.73. The van der Waals surface area contributed by atoms with Gasteiger partial charge in [0.2, 0.25) is 5.91 Å². The summed E-state index contributed by atoms with van der Waals surface area (Å²) in [7, 11) is 0. The number of unbranched alkanes of at least 4 members (excludes halogenated alkanes) is 1. The summed E-state index contributed by atoms with van der Waals surface area (Å²) in [6.45, 7) is 7.62. The summed E-state index contributed by atoms with van der Waals surface area (Å²) in [4.78, 5) is 36.0. The summed E-state index contributed by atoms with van der Waals surface area (Å²) in [5.41, 5.74) is 2.77. The first-order valence-electron chi connectivity index (χ1n) is 10.2. The predicted octanol–water partition coefficient (Wildman–Crippen LogP) is 2.82. The maximum absolute atomic E-state index is 12.5. The fraction of sp³-hybridized carbons (Fsp3) is 0.435. The first-order chi connectivity index (χ1) is 14.2. The normalized spacial score (nSPS) is 12.4. The topological polar surface area (TPSA) is 113 Å². The van der Waals surface area contributed by atoms with Gasteiger partial charge >= 0.3 is 5.63 Å². The van der Waals surface area contributed by atoms with Crippen molar-refractivity contribution in [3.05, 3.63) is 45.0 Å². The van der Waals surface area contributed by atoms with Gasteiger partial charge in [0, 0.05) is 28.8 Å². The van der Waals surface area contributed by atoms with E-state index in [0.29, 0.717) is 29.6 Å². The quantitative estimate of drug-likeness (QED) is 0.569. The predicted molar refractivity (Wildman–Crippen MR) is 111 cm³/mol. The minimum Gasteiger partial charge on any atom is -0.548 e. The van der Waals surface area contributed by atoms with Crippen molar-refractivity contribution in [1.29, 1.82) is 0 Å². The van der Waals surface area contributed by atoms with Crippen molar-refractivity contribution in [2.75, 3.05) is 0 Å². The molecule has 3 aromatic rings. The van der Waals surface area contributed by atoms with Gasteiger partial charge in [-0.25, -0.2) is 4.79 Å². The van der Waals surface area contributed by atoms with Crippen LogP contribution in [0.2, 0.25) is 0 Å². The highest BCUT2D eigenvalue weighted by molar-refractivity contribution is 5.96. The zero-order valence-electron chi connectivity index (χ0n) is 17.7. The standard InChI is InChI=1S/C23H27NO6/c1-5-6-7-18(22(26)27)24-21(25)9-8-15-13(3)17-10-16-12(2)14(4)29-19(16)11-20(17)30-23(15)28/h10-11,18H,5-9H2,1-4H3,(H,24,25)(H,26,27)/p-1/t18-/m0/s1. The molecule has 0 aliphatic heterocycles. The number of aryl methyl sites for hydroxylation is 3. The lowest BCUT2D eigenvalue weighted by Crippen LogP contribution is -2.47. The van der Waals surface area contributed by atoms with Crippen molar-refractivity contribution in [3.63, 3.8) is 0 Å². The van der Waals surface area contributed by atoms with Crippen molar-refractivity contribution in [2.45, 2.75) is 65.8 Å². The van der Waals surface area contributed by atoms with Crippen molar-refractivity contribution in [2.24, 2.45) is 0 Å². The number of carboxylic acids is 1. The molecule has 1 atom stereocenters. The number of amides is 1. The molecule has 7 nitrogen and oxygen atoms in total. The van der Waals surface area contributed by atoms with Gasteiger partial charge in [0.1, 0.15) is 16.9 Å². The number of rotatable bonds is 8. The van der Waals surface area contributed by atoms with Crippen LogP contribution < -0.4 is 16.0 Å². The Bertz CT molecular complexity index is 1170. The molecule has 2 aromatic heterocycles. The molecular formula is C23H26NO6-. The van der Waals surface area contributed by atoms with Gasteiger partial charge in [0.25, 0.3) is 0 Å².